The topological polar surface area (TPSA) is 55.8 Å². The molecule has 5 heteroatoms. The van der Waals surface area contributed by atoms with Gasteiger partial charge in [0, 0.05) is 18.7 Å². The van der Waals surface area contributed by atoms with Crippen molar-refractivity contribution < 1.29 is 19.1 Å². The maximum atomic E-state index is 12.1. The largest absolute Gasteiger partial charge is 0.496 e. The minimum Gasteiger partial charge on any atom is -0.496 e. The summed E-state index contributed by atoms with van der Waals surface area (Å²) in [7, 11) is 1.73. The number of piperidine rings is 1. The number of esters is 1. The molecule has 2 fully saturated rings. The van der Waals surface area contributed by atoms with E-state index in [2.05, 4.69) is 24.3 Å². The average Bonchev–Trinajstić information content (AvgIpc) is 3.02. The summed E-state index contributed by atoms with van der Waals surface area (Å²) in [5.74, 6) is 0.0467. The van der Waals surface area contributed by atoms with Gasteiger partial charge in [-0.3, -0.25) is 4.79 Å². The van der Waals surface area contributed by atoms with Crippen molar-refractivity contribution in [3.8, 4) is 5.75 Å². The second-order valence-corrected chi connectivity index (χ2v) is 8.01. The van der Waals surface area contributed by atoms with Crippen molar-refractivity contribution in [1.29, 1.82) is 0 Å². The number of hydrogen-bond acceptors (Lipinski definition) is 4. The van der Waals surface area contributed by atoms with Crippen molar-refractivity contribution in [2.45, 2.75) is 64.2 Å². The first-order valence-corrected chi connectivity index (χ1v) is 11.0. The zero-order chi connectivity index (χ0) is 20.6. The number of carbonyl (C=O) groups excluding carboxylic acids is 2. The Bertz CT molecular complexity index is 737. The molecule has 1 aromatic rings. The Labute approximate surface area is 174 Å². The van der Waals surface area contributed by atoms with Gasteiger partial charge in [-0.15, -0.1) is 0 Å². The van der Waals surface area contributed by atoms with Gasteiger partial charge < -0.3 is 14.4 Å². The highest BCUT2D eigenvalue weighted by Gasteiger charge is 2.28. The van der Waals surface area contributed by atoms with E-state index < -0.39 is 11.9 Å². The van der Waals surface area contributed by atoms with E-state index in [0.29, 0.717) is 19.0 Å². The maximum Gasteiger partial charge on any atom is 0.397 e. The summed E-state index contributed by atoms with van der Waals surface area (Å²) >= 11 is 0. The number of allylic oxidation sites excluding steroid dienone is 1. The first-order chi connectivity index (χ1) is 14.1. The summed E-state index contributed by atoms with van der Waals surface area (Å²) in [5, 5.41) is 0. The normalized spacial score (nSPS) is 18.1. The molecule has 1 aliphatic heterocycles. The molecule has 0 aromatic heterocycles. The van der Waals surface area contributed by atoms with E-state index in [4.69, 9.17) is 9.47 Å². The number of likely N-dealkylation sites (tertiary alicyclic amines) is 1. The number of hydrogen-bond donors (Lipinski definition) is 0. The molecule has 29 heavy (non-hydrogen) atoms. The fourth-order valence-corrected chi connectivity index (χ4v) is 4.40. The summed E-state index contributed by atoms with van der Waals surface area (Å²) in [6.45, 7) is 3.11. The number of amides is 1. The van der Waals surface area contributed by atoms with E-state index in [0.717, 1.165) is 24.2 Å². The molecular weight excluding hydrogens is 366 g/mol. The average molecular weight is 400 g/mol. The van der Waals surface area contributed by atoms with Gasteiger partial charge in [-0.25, -0.2) is 4.79 Å². The molecule has 0 bridgehead atoms. The quantitative estimate of drug-likeness (QED) is 0.418. The van der Waals surface area contributed by atoms with Crippen LogP contribution < -0.4 is 4.74 Å². The lowest BCUT2D eigenvalue weighted by atomic mass is 9.88. The predicted molar refractivity (Wildman–Crippen MR) is 114 cm³/mol. The molecule has 3 rings (SSSR count). The maximum absolute atomic E-state index is 12.1. The van der Waals surface area contributed by atoms with Crippen LogP contribution in [0.4, 0.5) is 0 Å². The smallest absolute Gasteiger partial charge is 0.397 e. The third-order valence-electron chi connectivity index (χ3n) is 6.06. The molecule has 2 aliphatic rings. The summed E-state index contributed by atoms with van der Waals surface area (Å²) in [5.41, 5.74) is 3.97. The van der Waals surface area contributed by atoms with Crippen LogP contribution in [0.2, 0.25) is 0 Å². The Morgan fingerprint density at radius 3 is 2.41 bits per heavy atom. The fourth-order valence-electron chi connectivity index (χ4n) is 4.40. The highest BCUT2D eigenvalue weighted by Crippen LogP contribution is 2.33. The van der Waals surface area contributed by atoms with Crippen LogP contribution in [0, 0.1) is 0 Å². The van der Waals surface area contributed by atoms with E-state index in [1.807, 2.05) is 0 Å². The second kappa shape index (κ2) is 10.5. The fraction of sp³-hybridized carbons (Fsp3) is 0.583. The molecule has 1 saturated carbocycles. The van der Waals surface area contributed by atoms with Crippen molar-refractivity contribution in [3.63, 3.8) is 0 Å². The minimum atomic E-state index is -0.743. The molecule has 0 spiro atoms. The number of methoxy groups -OCH3 is 1. The van der Waals surface area contributed by atoms with Crippen LogP contribution in [0.15, 0.2) is 23.8 Å². The number of nitrogens with zero attached hydrogens (tertiary/aromatic N) is 1. The van der Waals surface area contributed by atoms with Crippen LogP contribution in [-0.4, -0.2) is 43.6 Å². The van der Waals surface area contributed by atoms with Crippen molar-refractivity contribution in [3.05, 3.63) is 34.9 Å². The molecule has 5 nitrogen and oxygen atoms in total. The third kappa shape index (κ3) is 5.62. The van der Waals surface area contributed by atoms with Gasteiger partial charge in [0.2, 0.25) is 0 Å². The summed E-state index contributed by atoms with van der Waals surface area (Å²) in [6.07, 6.45) is 11.6. The third-order valence-corrected chi connectivity index (χ3v) is 6.06. The summed E-state index contributed by atoms with van der Waals surface area (Å²) in [4.78, 5) is 25.5. The van der Waals surface area contributed by atoms with Crippen LogP contribution in [0.1, 0.15) is 75.3 Å². The first kappa shape index (κ1) is 21.4. The zero-order valence-corrected chi connectivity index (χ0v) is 17.7. The van der Waals surface area contributed by atoms with Crippen LogP contribution in [0.3, 0.4) is 0 Å². The number of benzene rings is 1. The van der Waals surface area contributed by atoms with Crippen LogP contribution in [-0.2, 0) is 14.3 Å². The molecule has 1 heterocycles. The summed E-state index contributed by atoms with van der Waals surface area (Å²) < 4.78 is 10.4. The Hall–Kier alpha value is -2.30. The molecule has 1 saturated heterocycles. The Balaban J connectivity index is 1.69. The van der Waals surface area contributed by atoms with Crippen molar-refractivity contribution in [2.75, 3.05) is 26.8 Å². The molecule has 0 N–H and O–H groups in total. The Morgan fingerprint density at radius 1 is 1.10 bits per heavy atom. The van der Waals surface area contributed by atoms with Gasteiger partial charge in [0.25, 0.3) is 0 Å². The minimum absolute atomic E-state index is 0.227. The van der Waals surface area contributed by atoms with E-state index in [1.54, 1.807) is 18.9 Å². The SMILES string of the molecule is CCOC(=O)C(=O)N1CCC(c2ccc(OC)c(C=C3CCCCCC3)c2)CC1. The van der Waals surface area contributed by atoms with E-state index in [9.17, 15) is 9.59 Å². The lowest BCUT2D eigenvalue weighted by Crippen LogP contribution is -2.42. The molecule has 0 unspecified atom stereocenters. The molecule has 1 amide bonds. The van der Waals surface area contributed by atoms with E-state index in [-0.39, 0.29) is 6.61 Å². The number of carbonyl (C=O) groups is 2. The predicted octanol–water partition coefficient (Wildman–Crippen LogP) is 4.70. The zero-order valence-electron chi connectivity index (χ0n) is 17.7. The van der Waals surface area contributed by atoms with E-state index in [1.165, 1.54) is 49.7 Å². The highest BCUT2D eigenvalue weighted by atomic mass is 16.5. The van der Waals surface area contributed by atoms with Crippen molar-refractivity contribution in [1.82, 2.24) is 4.90 Å². The second-order valence-electron chi connectivity index (χ2n) is 8.01. The van der Waals surface area contributed by atoms with Gasteiger partial charge in [0.05, 0.1) is 13.7 Å². The lowest BCUT2D eigenvalue weighted by molar-refractivity contribution is -0.160. The molecule has 0 radical (unpaired) electrons. The first-order valence-electron chi connectivity index (χ1n) is 11.0. The molecular formula is C24H33NO4. The Morgan fingerprint density at radius 2 is 1.79 bits per heavy atom. The van der Waals surface area contributed by atoms with Gasteiger partial charge in [-0.05, 0) is 69.1 Å². The molecule has 0 atom stereocenters. The van der Waals surface area contributed by atoms with Crippen molar-refractivity contribution >= 4 is 18.0 Å². The van der Waals surface area contributed by atoms with Gasteiger partial charge in [-0.1, -0.05) is 30.6 Å². The standard InChI is InChI=1S/C24H33NO4/c1-3-29-24(27)23(26)25-14-12-19(13-15-25)20-10-11-22(28-2)21(17-20)16-18-8-6-4-5-7-9-18/h10-11,16-17,19H,3-9,12-15H2,1-2H3. The van der Waals surface area contributed by atoms with Crippen LogP contribution in [0.5, 0.6) is 5.75 Å². The molecule has 1 aromatic carbocycles. The van der Waals surface area contributed by atoms with Crippen molar-refractivity contribution in [2.24, 2.45) is 0 Å². The number of ether oxygens (including phenoxy) is 2. The molecule has 1 aliphatic carbocycles. The summed E-state index contributed by atoms with van der Waals surface area (Å²) in [6, 6.07) is 6.46. The van der Waals surface area contributed by atoms with Crippen LogP contribution >= 0.6 is 0 Å². The molecule has 158 valence electrons. The van der Waals surface area contributed by atoms with Gasteiger partial charge in [-0.2, -0.15) is 0 Å². The lowest BCUT2D eigenvalue weighted by Gasteiger charge is -2.31. The van der Waals surface area contributed by atoms with E-state index >= 15 is 0 Å². The van der Waals surface area contributed by atoms with Crippen LogP contribution in [0.25, 0.3) is 6.08 Å². The van der Waals surface area contributed by atoms with Gasteiger partial charge in [0.1, 0.15) is 5.75 Å². The monoisotopic (exact) mass is 399 g/mol. The highest BCUT2D eigenvalue weighted by molar-refractivity contribution is 6.32. The number of rotatable bonds is 4. The Kier molecular flexibility index (Phi) is 7.73. The van der Waals surface area contributed by atoms with Gasteiger partial charge >= 0.3 is 11.9 Å². The van der Waals surface area contributed by atoms with Gasteiger partial charge in [0.15, 0.2) is 0 Å².